The van der Waals surface area contributed by atoms with Crippen molar-refractivity contribution in [2.24, 2.45) is 5.92 Å². The first-order valence-electron chi connectivity index (χ1n) is 8.45. The van der Waals surface area contributed by atoms with E-state index in [1.165, 1.54) is 30.3 Å². The van der Waals surface area contributed by atoms with Gasteiger partial charge in [-0.05, 0) is 43.2 Å². The molecule has 1 N–H and O–H groups in total. The van der Waals surface area contributed by atoms with Crippen molar-refractivity contribution in [3.63, 3.8) is 0 Å². The lowest BCUT2D eigenvalue weighted by molar-refractivity contribution is -0.120. The molecule has 1 amide bonds. The van der Waals surface area contributed by atoms with E-state index in [2.05, 4.69) is 5.32 Å². The summed E-state index contributed by atoms with van der Waals surface area (Å²) >= 11 is 12.2. The lowest BCUT2D eigenvalue weighted by Gasteiger charge is -2.26. The highest BCUT2D eigenvalue weighted by molar-refractivity contribution is 7.92. The quantitative estimate of drug-likeness (QED) is 0.712. The van der Waals surface area contributed by atoms with Crippen LogP contribution in [0.4, 0.5) is 5.69 Å². The Balaban J connectivity index is 2.45. The van der Waals surface area contributed by atoms with Crippen molar-refractivity contribution in [3.05, 3.63) is 58.6 Å². The number of hydrogen-bond donors (Lipinski definition) is 1. The van der Waals surface area contributed by atoms with Crippen LogP contribution in [0, 0.1) is 5.92 Å². The number of anilines is 1. The molecule has 0 aliphatic rings. The highest BCUT2D eigenvalue weighted by Crippen LogP contribution is 2.32. The van der Waals surface area contributed by atoms with Crippen LogP contribution in [0.5, 0.6) is 0 Å². The van der Waals surface area contributed by atoms with E-state index >= 15 is 0 Å². The molecule has 0 fully saturated rings. The number of benzene rings is 2. The highest BCUT2D eigenvalue weighted by Gasteiger charge is 2.29. The number of nitrogens with zero attached hydrogens (tertiary/aromatic N) is 1. The summed E-state index contributed by atoms with van der Waals surface area (Å²) in [7, 11) is -4.00. The van der Waals surface area contributed by atoms with Gasteiger partial charge < -0.3 is 5.32 Å². The highest BCUT2D eigenvalue weighted by atomic mass is 35.5. The van der Waals surface area contributed by atoms with E-state index < -0.39 is 22.5 Å². The van der Waals surface area contributed by atoms with Crippen molar-refractivity contribution in [3.8, 4) is 0 Å². The van der Waals surface area contributed by atoms with E-state index in [0.717, 1.165) is 4.31 Å². The Hall–Kier alpha value is -1.76. The fourth-order valence-corrected chi connectivity index (χ4v) is 4.32. The minimum atomic E-state index is -4.00. The first kappa shape index (κ1) is 21.5. The van der Waals surface area contributed by atoms with Crippen molar-refractivity contribution in [1.29, 1.82) is 0 Å². The van der Waals surface area contributed by atoms with Crippen molar-refractivity contribution in [2.75, 3.05) is 10.8 Å². The molecule has 0 aromatic heterocycles. The van der Waals surface area contributed by atoms with E-state index in [1.807, 2.05) is 20.8 Å². The average Bonchev–Trinajstić information content (AvgIpc) is 2.60. The molecule has 0 saturated carbocycles. The molecule has 2 aromatic carbocycles. The second-order valence-corrected chi connectivity index (χ2v) is 9.23. The summed E-state index contributed by atoms with van der Waals surface area (Å²) in [4.78, 5) is 12.6. The number of hydrogen-bond acceptors (Lipinski definition) is 3. The molecule has 0 aliphatic carbocycles. The van der Waals surface area contributed by atoms with Gasteiger partial charge in [-0.25, -0.2) is 8.42 Å². The summed E-state index contributed by atoms with van der Waals surface area (Å²) < 4.78 is 27.4. The van der Waals surface area contributed by atoms with Crippen LogP contribution in [0.15, 0.2) is 53.4 Å². The molecular formula is C19H22Cl2N2O3S. The molecule has 2 aromatic rings. The molecule has 0 bridgehead atoms. The monoisotopic (exact) mass is 428 g/mol. The summed E-state index contributed by atoms with van der Waals surface area (Å²) in [6.45, 7) is 5.42. The summed E-state index contributed by atoms with van der Waals surface area (Å²) in [5.74, 6) is -0.200. The maximum absolute atomic E-state index is 13.2. The summed E-state index contributed by atoms with van der Waals surface area (Å²) in [6.07, 6.45) is 0. The standard InChI is InChI=1S/C19H22Cl2N2O3S/c1-13(2)14(3)22-19(24)12-23(18-10-9-15(20)11-17(18)21)27(25,26)16-7-5-4-6-8-16/h4-11,13-14H,12H2,1-3H3,(H,22,24)/t14-/m0/s1. The van der Waals surface area contributed by atoms with Gasteiger partial charge in [0.2, 0.25) is 5.91 Å². The molecule has 27 heavy (non-hydrogen) atoms. The van der Waals surface area contributed by atoms with Gasteiger partial charge in [-0.1, -0.05) is 55.2 Å². The zero-order valence-corrected chi connectivity index (χ0v) is 17.6. The van der Waals surface area contributed by atoms with Gasteiger partial charge in [0.15, 0.2) is 0 Å². The first-order chi connectivity index (χ1) is 12.6. The minimum absolute atomic E-state index is 0.0701. The van der Waals surface area contributed by atoms with Crippen LogP contribution < -0.4 is 9.62 Å². The third-order valence-electron chi connectivity index (χ3n) is 4.19. The van der Waals surface area contributed by atoms with Gasteiger partial charge in [-0.3, -0.25) is 9.10 Å². The maximum Gasteiger partial charge on any atom is 0.264 e. The maximum atomic E-state index is 13.2. The Kier molecular flexibility index (Phi) is 7.14. The van der Waals surface area contributed by atoms with Gasteiger partial charge in [-0.2, -0.15) is 0 Å². The summed E-state index contributed by atoms with van der Waals surface area (Å²) in [6, 6.07) is 12.3. The zero-order chi connectivity index (χ0) is 20.2. The lowest BCUT2D eigenvalue weighted by atomic mass is 10.1. The Morgan fingerprint density at radius 1 is 1.07 bits per heavy atom. The number of halogens is 2. The molecule has 5 nitrogen and oxygen atoms in total. The van der Waals surface area contributed by atoms with Crippen molar-refractivity contribution < 1.29 is 13.2 Å². The van der Waals surface area contributed by atoms with E-state index in [4.69, 9.17) is 23.2 Å². The summed E-state index contributed by atoms with van der Waals surface area (Å²) in [5, 5.41) is 3.34. The third-order valence-corrected chi connectivity index (χ3v) is 6.50. The normalized spacial score (nSPS) is 12.7. The molecular weight excluding hydrogens is 407 g/mol. The number of carbonyl (C=O) groups excluding carboxylic acids is 1. The molecule has 0 heterocycles. The Morgan fingerprint density at radius 3 is 2.26 bits per heavy atom. The Bertz CT molecular complexity index is 902. The molecule has 2 rings (SSSR count). The van der Waals surface area contributed by atoms with Crippen LogP contribution in [0.2, 0.25) is 10.0 Å². The van der Waals surface area contributed by atoms with Crippen LogP contribution in [0.3, 0.4) is 0 Å². The van der Waals surface area contributed by atoms with Crippen LogP contribution in [0.25, 0.3) is 0 Å². The molecule has 146 valence electrons. The Morgan fingerprint density at radius 2 is 1.70 bits per heavy atom. The largest absolute Gasteiger partial charge is 0.352 e. The van der Waals surface area contributed by atoms with Crippen molar-refractivity contribution in [2.45, 2.75) is 31.7 Å². The van der Waals surface area contributed by atoms with Gasteiger partial charge in [0.1, 0.15) is 6.54 Å². The smallest absolute Gasteiger partial charge is 0.264 e. The van der Waals surface area contributed by atoms with Gasteiger partial charge >= 0.3 is 0 Å². The zero-order valence-electron chi connectivity index (χ0n) is 15.3. The van der Waals surface area contributed by atoms with Gasteiger partial charge in [0.05, 0.1) is 15.6 Å². The number of amides is 1. The second kappa shape index (κ2) is 8.95. The van der Waals surface area contributed by atoms with E-state index in [1.54, 1.807) is 18.2 Å². The SMILES string of the molecule is CC(C)[C@H](C)NC(=O)CN(c1ccc(Cl)cc1Cl)S(=O)(=O)c1ccccc1. The number of nitrogens with one attached hydrogen (secondary N) is 1. The van der Waals surface area contributed by atoms with Crippen molar-refractivity contribution in [1.82, 2.24) is 5.32 Å². The molecule has 0 unspecified atom stereocenters. The molecule has 0 saturated heterocycles. The van der Waals surface area contributed by atoms with Crippen LogP contribution >= 0.6 is 23.2 Å². The van der Waals surface area contributed by atoms with Gasteiger partial charge in [-0.15, -0.1) is 0 Å². The molecule has 8 heteroatoms. The molecule has 1 atom stereocenters. The average molecular weight is 429 g/mol. The summed E-state index contributed by atoms with van der Waals surface area (Å²) in [5.41, 5.74) is 0.192. The molecule has 0 radical (unpaired) electrons. The van der Waals surface area contributed by atoms with E-state index in [-0.39, 0.29) is 27.6 Å². The lowest BCUT2D eigenvalue weighted by Crippen LogP contribution is -2.45. The second-order valence-electron chi connectivity index (χ2n) is 6.52. The van der Waals surface area contributed by atoms with Crippen LogP contribution in [-0.4, -0.2) is 26.9 Å². The van der Waals surface area contributed by atoms with Gasteiger partial charge in [0, 0.05) is 11.1 Å². The number of rotatable bonds is 7. The number of carbonyl (C=O) groups is 1. The fraction of sp³-hybridized carbons (Fsp3) is 0.316. The topological polar surface area (TPSA) is 66.5 Å². The third kappa shape index (κ3) is 5.37. The fourth-order valence-electron chi connectivity index (χ4n) is 2.30. The van der Waals surface area contributed by atoms with Crippen molar-refractivity contribution >= 4 is 44.8 Å². The predicted octanol–water partition coefficient (Wildman–Crippen LogP) is 4.35. The molecule has 0 aliphatic heterocycles. The van der Waals surface area contributed by atoms with E-state index in [0.29, 0.717) is 5.02 Å². The van der Waals surface area contributed by atoms with Crippen LogP contribution in [0.1, 0.15) is 20.8 Å². The predicted molar refractivity (Wildman–Crippen MR) is 110 cm³/mol. The first-order valence-corrected chi connectivity index (χ1v) is 10.6. The Labute approximate surface area is 170 Å². The van der Waals surface area contributed by atoms with Gasteiger partial charge in [0.25, 0.3) is 10.0 Å². The minimum Gasteiger partial charge on any atom is -0.352 e. The number of sulfonamides is 1. The van der Waals surface area contributed by atoms with Crippen LogP contribution in [-0.2, 0) is 14.8 Å². The van der Waals surface area contributed by atoms with E-state index in [9.17, 15) is 13.2 Å². The molecule has 0 spiro atoms.